The quantitative estimate of drug-likeness (QED) is 0.858. The Hall–Kier alpha value is -1.75. The lowest BCUT2D eigenvalue weighted by Gasteiger charge is -2.31. The summed E-state index contributed by atoms with van der Waals surface area (Å²) in [5.74, 6) is 1.20. The van der Waals surface area contributed by atoms with Crippen molar-refractivity contribution in [3.8, 4) is 5.75 Å². The van der Waals surface area contributed by atoms with Gasteiger partial charge in [0.2, 0.25) is 0 Å². The molecule has 1 aromatic rings. The molecule has 0 spiro atoms. The maximum atomic E-state index is 12.5. The molecule has 5 heteroatoms. The third-order valence-electron chi connectivity index (χ3n) is 4.13. The van der Waals surface area contributed by atoms with Gasteiger partial charge < -0.3 is 20.3 Å². The average molecular weight is 291 g/mol. The van der Waals surface area contributed by atoms with E-state index in [9.17, 15) is 4.79 Å². The number of hydrogen-bond acceptors (Lipinski definition) is 4. The number of rotatable bonds is 4. The molecule has 21 heavy (non-hydrogen) atoms. The summed E-state index contributed by atoms with van der Waals surface area (Å²) in [6, 6.07) is 5.16. The van der Waals surface area contributed by atoms with Crippen LogP contribution in [0.1, 0.15) is 23.2 Å². The molecule has 5 nitrogen and oxygen atoms in total. The number of anilines is 1. The van der Waals surface area contributed by atoms with E-state index >= 15 is 0 Å². The number of amides is 1. The van der Waals surface area contributed by atoms with Gasteiger partial charge >= 0.3 is 0 Å². The van der Waals surface area contributed by atoms with Crippen LogP contribution >= 0.6 is 0 Å². The van der Waals surface area contributed by atoms with E-state index < -0.39 is 0 Å². The number of likely N-dealkylation sites (tertiary alicyclic amines) is 1. The van der Waals surface area contributed by atoms with E-state index in [1.54, 1.807) is 30.2 Å². The summed E-state index contributed by atoms with van der Waals surface area (Å²) in [4.78, 5) is 16.6. The molecule has 1 aliphatic heterocycles. The fourth-order valence-electron chi connectivity index (χ4n) is 2.80. The van der Waals surface area contributed by atoms with Crippen LogP contribution in [-0.2, 0) is 0 Å². The van der Waals surface area contributed by atoms with E-state index in [4.69, 9.17) is 10.5 Å². The number of hydrogen-bond donors (Lipinski definition) is 1. The third-order valence-corrected chi connectivity index (χ3v) is 4.13. The highest BCUT2D eigenvalue weighted by Crippen LogP contribution is 2.21. The van der Waals surface area contributed by atoms with Crippen LogP contribution in [0, 0.1) is 5.92 Å². The first-order valence-electron chi connectivity index (χ1n) is 7.38. The minimum absolute atomic E-state index is 0.000437. The molecule has 2 rings (SSSR count). The fraction of sp³-hybridized carbons (Fsp3) is 0.562. The number of methoxy groups -OCH3 is 1. The van der Waals surface area contributed by atoms with Gasteiger partial charge in [-0.05, 0) is 51.0 Å². The summed E-state index contributed by atoms with van der Waals surface area (Å²) >= 11 is 0. The van der Waals surface area contributed by atoms with E-state index in [1.807, 2.05) is 7.05 Å². The van der Waals surface area contributed by atoms with Gasteiger partial charge in [-0.25, -0.2) is 0 Å². The maximum absolute atomic E-state index is 12.5. The molecule has 0 aromatic heterocycles. The number of carbonyl (C=O) groups excluding carboxylic acids is 1. The van der Waals surface area contributed by atoms with E-state index in [0.717, 1.165) is 32.5 Å². The summed E-state index contributed by atoms with van der Waals surface area (Å²) in [6.07, 6.45) is 2.29. The Kier molecular flexibility index (Phi) is 5.07. The van der Waals surface area contributed by atoms with Crippen LogP contribution in [0.25, 0.3) is 0 Å². The number of piperidine rings is 1. The Bertz CT molecular complexity index is 496. The second kappa shape index (κ2) is 6.80. The predicted molar refractivity (Wildman–Crippen MR) is 84.6 cm³/mol. The monoisotopic (exact) mass is 291 g/mol. The van der Waals surface area contributed by atoms with Crippen molar-refractivity contribution < 1.29 is 9.53 Å². The standard InChI is InChI=1S/C16H25N3O2/c1-18-6-4-12(5-7-18)11-19(2)16(20)13-8-14(17)10-15(9-13)21-3/h8-10,12H,4-7,11,17H2,1-3H3. The van der Waals surface area contributed by atoms with E-state index in [0.29, 0.717) is 22.9 Å². The van der Waals surface area contributed by atoms with E-state index in [1.165, 1.54) is 0 Å². The van der Waals surface area contributed by atoms with Crippen molar-refractivity contribution in [1.29, 1.82) is 0 Å². The molecule has 0 bridgehead atoms. The molecule has 0 saturated carbocycles. The molecule has 0 atom stereocenters. The highest BCUT2D eigenvalue weighted by Gasteiger charge is 2.21. The van der Waals surface area contributed by atoms with Crippen LogP contribution in [0.4, 0.5) is 5.69 Å². The normalized spacial score (nSPS) is 16.7. The van der Waals surface area contributed by atoms with Crippen LogP contribution in [0.5, 0.6) is 5.75 Å². The number of benzene rings is 1. The van der Waals surface area contributed by atoms with Gasteiger partial charge in [-0.2, -0.15) is 0 Å². The SMILES string of the molecule is COc1cc(N)cc(C(=O)N(C)CC2CCN(C)CC2)c1. The lowest BCUT2D eigenvalue weighted by atomic mass is 9.96. The number of ether oxygens (including phenoxy) is 1. The molecule has 1 heterocycles. The molecule has 1 fully saturated rings. The zero-order valence-corrected chi connectivity index (χ0v) is 13.1. The average Bonchev–Trinajstić information content (AvgIpc) is 2.48. The van der Waals surface area contributed by atoms with Crippen molar-refractivity contribution in [1.82, 2.24) is 9.80 Å². The third kappa shape index (κ3) is 4.11. The molecule has 1 aliphatic rings. The number of nitrogens with two attached hydrogens (primary N) is 1. The van der Waals surface area contributed by atoms with Gasteiger partial charge in [0, 0.05) is 30.9 Å². The molecule has 1 amide bonds. The molecule has 2 N–H and O–H groups in total. The van der Waals surface area contributed by atoms with Crippen molar-refractivity contribution in [2.45, 2.75) is 12.8 Å². The second-order valence-corrected chi connectivity index (χ2v) is 5.93. The van der Waals surface area contributed by atoms with Crippen LogP contribution in [0.2, 0.25) is 0 Å². The minimum atomic E-state index is -0.000437. The molecule has 0 radical (unpaired) electrons. The summed E-state index contributed by atoms with van der Waals surface area (Å²) < 4.78 is 5.17. The van der Waals surface area contributed by atoms with Crippen molar-refractivity contribution in [2.75, 3.05) is 46.6 Å². The summed E-state index contributed by atoms with van der Waals surface area (Å²) in [6.45, 7) is 3.02. The molecule has 0 aliphatic carbocycles. The molecule has 0 unspecified atom stereocenters. The van der Waals surface area contributed by atoms with Crippen LogP contribution in [0.15, 0.2) is 18.2 Å². The van der Waals surface area contributed by atoms with Gasteiger partial charge in [0.05, 0.1) is 7.11 Å². The summed E-state index contributed by atoms with van der Waals surface area (Å²) in [7, 11) is 5.58. The number of nitrogen functional groups attached to an aromatic ring is 1. The number of carbonyl (C=O) groups is 1. The first-order chi connectivity index (χ1) is 9.99. The largest absolute Gasteiger partial charge is 0.497 e. The van der Waals surface area contributed by atoms with E-state index in [2.05, 4.69) is 11.9 Å². The van der Waals surface area contributed by atoms with Crippen molar-refractivity contribution in [2.24, 2.45) is 5.92 Å². The van der Waals surface area contributed by atoms with Crippen LogP contribution in [0.3, 0.4) is 0 Å². The van der Waals surface area contributed by atoms with Crippen molar-refractivity contribution in [3.63, 3.8) is 0 Å². The highest BCUT2D eigenvalue weighted by molar-refractivity contribution is 5.95. The Morgan fingerprint density at radius 2 is 2.05 bits per heavy atom. The smallest absolute Gasteiger partial charge is 0.253 e. The van der Waals surface area contributed by atoms with Gasteiger partial charge in [-0.1, -0.05) is 0 Å². The molecule has 1 aromatic carbocycles. The van der Waals surface area contributed by atoms with Gasteiger partial charge in [0.1, 0.15) is 5.75 Å². The Balaban J connectivity index is 2.00. The van der Waals surface area contributed by atoms with Gasteiger partial charge in [0.25, 0.3) is 5.91 Å². The lowest BCUT2D eigenvalue weighted by Crippen LogP contribution is -2.38. The summed E-state index contributed by atoms with van der Waals surface area (Å²) in [5.41, 5.74) is 6.95. The zero-order chi connectivity index (χ0) is 15.4. The highest BCUT2D eigenvalue weighted by atomic mass is 16.5. The fourth-order valence-corrected chi connectivity index (χ4v) is 2.80. The van der Waals surface area contributed by atoms with E-state index in [-0.39, 0.29) is 5.91 Å². The van der Waals surface area contributed by atoms with Gasteiger partial charge in [-0.3, -0.25) is 4.79 Å². The van der Waals surface area contributed by atoms with Gasteiger partial charge in [-0.15, -0.1) is 0 Å². The predicted octanol–water partition coefficient (Wildman–Crippen LogP) is 1.69. The lowest BCUT2D eigenvalue weighted by molar-refractivity contribution is 0.0747. The van der Waals surface area contributed by atoms with Crippen molar-refractivity contribution >= 4 is 11.6 Å². The minimum Gasteiger partial charge on any atom is -0.497 e. The zero-order valence-electron chi connectivity index (χ0n) is 13.1. The topological polar surface area (TPSA) is 58.8 Å². The Morgan fingerprint density at radius 3 is 2.67 bits per heavy atom. The molecule has 116 valence electrons. The first-order valence-corrected chi connectivity index (χ1v) is 7.38. The Morgan fingerprint density at radius 1 is 1.38 bits per heavy atom. The molecular weight excluding hydrogens is 266 g/mol. The molecular formula is C16H25N3O2. The van der Waals surface area contributed by atoms with Crippen LogP contribution < -0.4 is 10.5 Å². The van der Waals surface area contributed by atoms with Gasteiger partial charge in [0.15, 0.2) is 0 Å². The second-order valence-electron chi connectivity index (χ2n) is 5.93. The molecule has 1 saturated heterocycles. The van der Waals surface area contributed by atoms with Crippen LogP contribution in [-0.4, -0.2) is 56.5 Å². The van der Waals surface area contributed by atoms with Crippen molar-refractivity contribution in [3.05, 3.63) is 23.8 Å². The Labute approximate surface area is 126 Å². The first kappa shape index (κ1) is 15.6. The maximum Gasteiger partial charge on any atom is 0.253 e. The summed E-state index contributed by atoms with van der Waals surface area (Å²) in [5, 5.41) is 0. The number of nitrogens with zero attached hydrogens (tertiary/aromatic N) is 2.